The van der Waals surface area contributed by atoms with Gasteiger partial charge in [-0.1, -0.05) is 0 Å². The number of hydrogen-bond donors (Lipinski definition) is 0. The molecular weight excluding hydrogens is 286 g/mol. The molecule has 1 aliphatic heterocycles. The summed E-state index contributed by atoms with van der Waals surface area (Å²) in [5.41, 5.74) is 1.52. The van der Waals surface area contributed by atoms with E-state index in [-0.39, 0.29) is 17.8 Å². The molecule has 0 amide bonds. The summed E-state index contributed by atoms with van der Waals surface area (Å²) in [6, 6.07) is 5.18. The Kier molecular flexibility index (Phi) is 5.51. The van der Waals surface area contributed by atoms with Crippen molar-refractivity contribution in [3.05, 3.63) is 29.3 Å². The van der Waals surface area contributed by atoms with Gasteiger partial charge in [0.1, 0.15) is 0 Å². The second-order valence-electron chi connectivity index (χ2n) is 5.22. The van der Waals surface area contributed by atoms with Crippen LogP contribution in [0.3, 0.4) is 0 Å². The number of nitrogens with zero attached hydrogens (tertiary/aromatic N) is 1. The fourth-order valence-electron chi connectivity index (χ4n) is 2.87. The van der Waals surface area contributed by atoms with Crippen LogP contribution in [0.25, 0.3) is 0 Å². The van der Waals surface area contributed by atoms with Crippen molar-refractivity contribution in [2.24, 2.45) is 5.92 Å². The van der Waals surface area contributed by atoms with E-state index in [0.717, 1.165) is 25.2 Å². The molecule has 1 aromatic rings. The average molecular weight is 307 g/mol. The lowest BCUT2D eigenvalue weighted by Gasteiger charge is -2.23. The van der Waals surface area contributed by atoms with Crippen molar-refractivity contribution in [2.45, 2.75) is 12.7 Å². The van der Waals surface area contributed by atoms with Gasteiger partial charge in [0.2, 0.25) is 0 Å². The van der Waals surface area contributed by atoms with Crippen LogP contribution in [-0.2, 0) is 14.2 Å². The predicted molar refractivity (Wildman–Crippen MR) is 81.3 cm³/mol. The first kappa shape index (κ1) is 16.5. The minimum absolute atomic E-state index is 0.232. The highest BCUT2D eigenvalue weighted by atomic mass is 16.7. The number of aldehydes is 1. The zero-order valence-electron chi connectivity index (χ0n) is 13.1. The molecule has 0 N–H and O–H groups in total. The first-order valence-electron chi connectivity index (χ1n) is 7.12. The smallest absolute Gasteiger partial charge is 0.338 e. The highest BCUT2D eigenvalue weighted by Gasteiger charge is 2.30. The molecule has 0 spiro atoms. The first-order chi connectivity index (χ1) is 10.6. The number of rotatable bonds is 6. The number of methoxy groups -OCH3 is 3. The van der Waals surface area contributed by atoms with E-state index in [1.165, 1.54) is 7.11 Å². The van der Waals surface area contributed by atoms with Gasteiger partial charge in [-0.3, -0.25) is 4.79 Å². The summed E-state index contributed by atoms with van der Waals surface area (Å²) in [4.78, 5) is 25.0. The fraction of sp³-hybridized carbons (Fsp3) is 0.500. The van der Waals surface area contributed by atoms with Gasteiger partial charge >= 0.3 is 5.97 Å². The van der Waals surface area contributed by atoms with Crippen LogP contribution >= 0.6 is 0 Å². The Morgan fingerprint density at radius 1 is 1.32 bits per heavy atom. The summed E-state index contributed by atoms with van der Waals surface area (Å²) in [5, 5.41) is 0. The van der Waals surface area contributed by atoms with Crippen molar-refractivity contribution >= 4 is 17.9 Å². The third-order valence-electron chi connectivity index (χ3n) is 4.01. The van der Waals surface area contributed by atoms with E-state index in [1.54, 1.807) is 26.4 Å². The molecule has 0 bridgehead atoms. The Morgan fingerprint density at radius 2 is 2.05 bits per heavy atom. The Hall–Kier alpha value is -1.92. The lowest BCUT2D eigenvalue weighted by Crippen LogP contribution is -2.28. The quantitative estimate of drug-likeness (QED) is 0.453. The van der Waals surface area contributed by atoms with E-state index in [0.29, 0.717) is 11.8 Å². The van der Waals surface area contributed by atoms with Crippen molar-refractivity contribution in [1.29, 1.82) is 0 Å². The maximum atomic E-state index is 11.6. The zero-order chi connectivity index (χ0) is 16.1. The van der Waals surface area contributed by atoms with Gasteiger partial charge in [-0.15, -0.1) is 0 Å². The molecule has 1 atom stereocenters. The monoisotopic (exact) mass is 307 g/mol. The SMILES string of the molecule is COC(=O)c1ccc(N2CCC(C(OC)OC)C2)cc1C=O. The fourth-order valence-corrected chi connectivity index (χ4v) is 2.87. The molecule has 0 aromatic heterocycles. The van der Waals surface area contributed by atoms with Crippen LogP contribution in [0.15, 0.2) is 18.2 Å². The minimum Gasteiger partial charge on any atom is -0.465 e. The Bertz CT molecular complexity index is 541. The molecule has 0 radical (unpaired) electrons. The molecule has 1 fully saturated rings. The second-order valence-corrected chi connectivity index (χ2v) is 5.22. The average Bonchev–Trinajstić information content (AvgIpc) is 3.04. The Labute approximate surface area is 129 Å². The normalized spacial score (nSPS) is 17.8. The molecule has 1 aromatic carbocycles. The van der Waals surface area contributed by atoms with Crippen LogP contribution in [0.5, 0.6) is 0 Å². The number of esters is 1. The van der Waals surface area contributed by atoms with E-state index in [4.69, 9.17) is 9.47 Å². The summed E-state index contributed by atoms with van der Waals surface area (Å²) >= 11 is 0. The van der Waals surface area contributed by atoms with Crippen molar-refractivity contribution in [1.82, 2.24) is 0 Å². The van der Waals surface area contributed by atoms with Crippen molar-refractivity contribution in [3.8, 4) is 0 Å². The van der Waals surface area contributed by atoms with Gasteiger partial charge in [0, 0.05) is 44.5 Å². The number of carbonyl (C=O) groups excluding carboxylic acids is 2. The van der Waals surface area contributed by atoms with Crippen molar-refractivity contribution in [3.63, 3.8) is 0 Å². The lowest BCUT2D eigenvalue weighted by atomic mass is 10.1. The maximum absolute atomic E-state index is 11.6. The van der Waals surface area contributed by atoms with Gasteiger partial charge in [0.05, 0.1) is 12.7 Å². The molecule has 22 heavy (non-hydrogen) atoms. The Morgan fingerprint density at radius 3 is 2.64 bits per heavy atom. The standard InChI is InChI=1S/C16H21NO5/c1-20-15(19)14-5-4-13(8-12(14)10-18)17-7-6-11(9-17)16(21-2)22-3/h4-5,8,10-11,16H,6-7,9H2,1-3H3. The number of ether oxygens (including phenoxy) is 3. The summed E-state index contributed by atoms with van der Waals surface area (Å²) in [6.07, 6.45) is 1.39. The Balaban J connectivity index is 2.17. The number of anilines is 1. The molecule has 1 unspecified atom stereocenters. The van der Waals surface area contributed by atoms with Gasteiger partial charge < -0.3 is 19.1 Å². The van der Waals surface area contributed by atoms with Crippen molar-refractivity contribution in [2.75, 3.05) is 39.3 Å². The number of carbonyl (C=O) groups is 2. The highest BCUT2D eigenvalue weighted by molar-refractivity contribution is 5.99. The molecule has 1 aliphatic rings. The third kappa shape index (κ3) is 3.28. The molecule has 1 saturated heterocycles. The third-order valence-corrected chi connectivity index (χ3v) is 4.01. The topological polar surface area (TPSA) is 65.1 Å². The summed E-state index contributed by atoms with van der Waals surface area (Å²) in [7, 11) is 4.56. The molecule has 0 saturated carbocycles. The number of benzene rings is 1. The molecule has 6 heteroatoms. The number of hydrogen-bond acceptors (Lipinski definition) is 6. The molecule has 0 aliphatic carbocycles. The minimum atomic E-state index is -0.508. The van der Waals surface area contributed by atoms with Crippen LogP contribution in [-0.4, -0.2) is 53.0 Å². The second kappa shape index (κ2) is 7.38. The summed E-state index contributed by atoms with van der Waals surface area (Å²) in [5.74, 6) is -0.234. The summed E-state index contributed by atoms with van der Waals surface area (Å²) < 4.78 is 15.3. The first-order valence-corrected chi connectivity index (χ1v) is 7.12. The highest BCUT2D eigenvalue weighted by Crippen LogP contribution is 2.28. The van der Waals surface area contributed by atoms with E-state index >= 15 is 0 Å². The lowest BCUT2D eigenvalue weighted by molar-refractivity contribution is -0.132. The van der Waals surface area contributed by atoms with Crippen LogP contribution in [0.4, 0.5) is 5.69 Å². The van der Waals surface area contributed by atoms with E-state index in [9.17, 15) is 9.59 Å². The molecular formula is C16H21NO5. The van der Waals surface area contributed by atoms with Gasteiger partial charge in [0.25, 0.3) is 0 Å². The summed E-state index contributed by atoms with van der Waals surface area (Å²) in [6.45, 7) is 1.63. The molecule has 1 heterocycles. The largest absolute Gasteiger partial charge is 0.465 e. The van der Waals surface area contributed by atoms with Crippen LogP contribution in [0.2, 0.25) is 0 Å². The molecule has 6 nitrogen and oxygen atoms in total. The van der Waals surface area contributed by atoms with Gasteiger partial charge in [-0.05, 0) is 24.6 Å². The van der Waals surface area contributed by atoms with Crippen LogP contribution in [0, 0.1) is 5.92 Å². The van der Waals surface area contributed by atoms with Crippen molar-refractivity contribution < 1.29 is 23.8 Å². The van der Waals surface area contributed by atoms with E-state index in [1.807, 2.05) is 6.07 Å². The molecule has 120 valence electrons. The van der Waals surface area contributed by atoms with Gasteiger partial charge in [-0.2, -0.15) is 0 Å². The zero-order valence-corrected chi connectivity index (χ0v) is 13.1. The van der Waals surface area contributed by atoms with E-state index < -0.39 is 5.97 Å². The van der Waals surface area contributed by atoms with Gasteiger partial charge in [0.15, 0.2) is 12.6 Å². The molecule has 2 rings (SSSR count). The van der Waals surface area contributed by atoms with Crippen LogP contribution in [0.1, 0.15) is 27.1 Å². The van der Waals surface area contributed by atoms with Crippen LogP contribution < -0.4 is 4.90 Å². The predicted octanol–water partition coefficient (Wildman–Crippen LogP) is 1.73. The van der Waals surface area contributed by atoms with E-state index in [2.05, 4.69) is 9.64 Å². The maximum Gasteiger partial charge on any atom is 0.338 e. The van der Waals surface area contributed by atoms with Gasteiger partial charge in [-0.25, -0.2) is 4.79 Å².